The van der Waals surface area contributed by atoms with Crippen LogP contribution in [0, 0.1) is 0 Å². The van der Waals surface area contributed by atoms with Crippen LogP contribution in [-0.4, -0.2) is 17.2 Å². The fourth-order valence-electron chi connectivity index (χ4n) is 2.14. The molecule has 1 unspecified atom stereocenters. The second-order valence-corrected chi connectivity index (χ2v) is 4.88. The fraction of sp³-hybridized carbons (Fsp3) is 0.250. The number of aliphatic hydroxyl groups excluding tert-OH is 1. The first kappa shape index (κ1) is 16.4. The Bertz CT molecular complexity index is 622. The zero-order valence-electron chi connectivity index (χ0n) is 11.3. The summed E-state index contributed by atoms with van der Waals surface area (Å²) in [5.74, 6) is -4.95. The van der Waals surface area contributed by atoms with Crippen LogP contribution in [0.2, 0.25) is 0 Å². The summed E-state index contributed by atoms with van der Waals surface area (Å²) in [4.78, 5) is 0. The highest BCUT2D eigenvalue weighted by atomic mass is 19.4. The number of hydrogen-bond acceptors (Lipinski definition) is 1. The molecule has 0 aromatic heterocycles. The molecular weight excluding hydrogens is 303 g/mol. The normalized spacial score (nSPS) is 13.9. The summed E-state index contributed by atoms with van der Waals surface area (Å²) in [6.45, 7) is 0. The molecule has 1 N–H and O–H groups in total. The van der Waals surface area contributed by atoms with Crippen LogP contribution >= 0.6 is 0 Å². The Kier molecular flexibility index (Phi) is 4.51. The maximum Gasteiger partial charge on any atom is 0.453 e. The molecule has 2 aromatic rings. The lowest BCUT2D eigenvalue weighted by Crippen LogP contribution is -2.37. The Balaban J connectivity index is 2.34. The van der Waals surface area contributed by atoms with Gasteiger partial charge in [0.25, 0.3) is 0 Å². The van der Waals surface area contributed by atoms with Gasteiger partial charge in [-0.05, 0) is 16.7 Å². The van der Waals surface area contributed by atoms with Gasteiger partial charge in [-0.2, -0.15) is 22.0 Å². The first-order valence-electron chi connectivity index (χ1n) is 6.49. The van der Waals surface area contributed by atoms with Crippen molar-refractivity contribution in [1.29, 1.82) is 0 Å². The average molecular weight is 316 g/mol. The lowest BCUT2D eigenvalue weighted by atomic mass is 9.93. The van der Waals surface area contributed by atoms with E-state index in [1.807, 2.05) is 0 Å². The van der Waals surface area contributed by atoms with Gasteiger partial charge >= 0.3 is 12.1 Å². The molecule has 0 saturated carbocycles. The summed E-state index contributed by atoms with van der Waals surface area (Å²) in [7, 11) is 0. The molecule has 0 bridgehead atoms. The minimum atomic E-state index is -5.68. The second kappa shape index (κ2) is 6.04. The molecule has 0 saturated heterocycles. The quantitative estimate of drug-likeness (QED) is 0.789. The predicted molar refractivity (Wildman–Crippen MR) is 72.5 cm³/mol. The molecule has 0 spiro atoms. The second-order valence-electron chi connectivity index (χ2n) is 4.88. The lowest BCUT2D eigenvalue weighted by Gasteiger charge is -2.23. The van der Waals surface area contributed by atoms with E-state index in [0.717, 1.165) is 0 Å². The third-order valence-corrected chi connectivity index (χ3v) is 3.27. The summed E-state index contributed by atoms with van der Waals surface area (Å²) >= 11 is 0. The van der Waals surface area contributed by atoms with Gasteiger partial charge in [-0.25, -0.2) is 0 Å². The van der Waals surface area contributed by atoms with E-state index in [1.54, 1.807) is 42.5 Å². The van der Waals surface area contributed by atoms with Crippen molar-refractivity contribution in [3.05, 3.63) is 60.2 Å². The lowest BCUT2D eigenvalue weighted by molar-refractivity contribution is -0.290. The van der Waals surface area contributed by atoms with Crippen molar-refractivity contribution < 1.29 is 27.1 Å². The van der Waals surface area contributed by atoms with Crippen molar-refractivity contribution in [2.45, 2.75) is 24.6 Å². The maximum absolute atomic E-state index is 13.1. The zero-order chi connectivity index (χ0) is 16.4. The first-order valence-corrected chi connectivity index (χ1v) is 6.49. The van der Waals surface area contributed by atoms with Crippen molar-refractivity contribution in [3.8, 4) is 11.1 Å². The molecule has 0 heterocycles. The minimum Gasteiger partial charge on any atom is -0.388 e. The number of alkyl halides is 5. The van der Waals surface area contributed by atoms with Gasteiger partial charge in [-0.1, -0.05) is 54.6 Å². The van der Waals surface area contributed by atoms with Crippen LogP contribution in [0.4, 0.5) is 22.0 Å². The van der Waals surface area contributed by atoms with Gasteiger partial charge in [0, 0.05) is 0 Å². The molecule has 6 heteroatoms. The van der Waals surface area contributed by atoms with Gasteiger partial charge < -0.3 is 5.11 Å². The van der Waals surface area contributed by atoms with E-state index in [4.69, 9.17) is 0 Å². The van der Waals surface area contributed by atoms with E-state index in [-0.39, 0.29) is 5.56 Å². The van der Waals surface area contributed by atoms with E-state index in [9.17, 15) is 27.1 Å². The van der Waals surface area contributed by atoms with Crippen LogP contribution in [0.5, 0.6) is 0 Å². The SMILES string of the molecule is OC(CC(F)(F)C(F)(F)F)c1ccccc1-c1ccccc1. The molecule has 0 aliphatic rings. The van der Waals surface area contributed by atoms with E-state index >= 15 is 0 Å². The molecule has 1 nitrogen and oxygen atoms in total. The number of benzene rings is 2. The third-order valence-electron chi connectivity index (χ3n) is 3.27. The van der Waals surface area contributed by atoms with Gasteiger partial charge in [0.1, 0.15) is 0 Å². The molecule has 118 valence electrons. The molecule has 2 aromatic carbocycles. The molecule has 22 heavy (non-hydrogen) atoms. The number of halogens is 5. The van der Waals surface area contributed by atoms with Crippen LogP contribution in [0.1, 0.15) is 18.1 Å². The first-order chi connectivity index (χ1) is 10.2. The Hall–Kier alpha value is -1.95. The summed E-state index contributed by atoms with van der Waals surface area (Å²) in [6, 6.07) is 14.6. The van der Waals surface area contributed by atoms with Crippen LogP contribution in [0.3, 0.4) is 0 Å². The minimum absolute atomic E-state index is 0.0395. The molecule has 0 amide bonds. The van der Waals surface area contributed by atoms with Crippen molar-refractivity contribution in [3.63, 3.8) is 0 Å². The summed E-state index contributed by atoms with van der Waals surface area (Å²) in [5.41, 5.74) is 1.10. The molecule has 1 atom stereocenters. The van der Waals surface area contributed by atoms with Gasteiger partial charge in [0.05, 0.1) is 12.5 Å². The molecule has 0 aliphatic carbocycles. The Morgan fingerprint density at radius 2 is 1.36 bits per heavy atom. The molecule has 0 radical (unpaired) electrons. The number of aliphatic hydroxyl groups is 1. The summed E-state index contributed by atoms with van der Waals surface area (Å²) < 4.78 is 63.0. The standard InChI is InChI=1S/C16H13F5O/c17-15(18,16(19,20)21)10-14(22)13-9-5-4-8-12(13)11-6-2-1-3-7-11/h1-9,14,22H,10H2. The van der Waals surface area contributed by atoms with Gasteiger partial charge in [-0.3, -0.25) is 0 Å². The Morgan fingerprint density at radius 3 is 1.95 bits per heavy atom. The average Bonchev–Trinajstić information content (AvgIpc) is 2.46. The topological polar surface area (TPSA) is 20.2 Å². The van der Waals surface area contributed by atoms with E-state index in [0.29, 0.717) is 11.1 Å². The highest BCUT2D eigenvalue weighted by Gasteiger charge is 2.58. The fourth-order valence-corrected chi connectivity index (χ4v) is 2.14. The van der Waals surface area contributed by atoms with E-state index in [2.05, 4.69) is 0 Å². The molecule has 2 rings (SSSR count). The van der Waals surface area contributed by atoms with Crippen molar-refractivity contribution in [1.82, 2.24) is 0 Å². The molecule has 0 aliphatic heterocycles. The number of hydrogen-bond donors (Lipinski definition) is 1. The van der Waals surface area contributed by atoms with Crippen molar-refractivity contribution in [2.24, 2.45) is 0 Å². The van der Waals surface area contributed by atoms with Crippen LogP contribution in [0.15, 0.2) is 54.6 Å². The highest BCUT2D eigenvalue weighted by molar-refractivity contribution is 5.67. The van der Waals surface area contributed by atoms with Crippen molar-refractivity contribution in [2.75, 3.05) is 0 Å². The van der Waals surface area contributed by atoms with E-state index in [1.165, 1.54) is 12.1 Å². The molecular formula is C16H13F5O. The van der Waals surface area contributed by atoms with Gasteiger partial charge in [0.2, 0.25) is 0 Å². The summed E-state index contributed by atoms with van der Waals surface area (Å²) in [5, 5.41) is 9.88. The highest BCUT2D eigenvalue weighted by Crippen LogP contribution is 2.42. The van der Waals surface area contributed by atoms with Gasteiger partial charge in [-0.15, -0.1) is 0 Å². The van der Waals surface area contributed by atoms with Gasteiger partial charge in [0.15, 0.2) is 0 Å². The van der Waals surface area contributed by atoms with Crippen molar-refractivity contribution >= 4 is 0 Å². The van der Waals surface area contributed by atoms with E-state index < -0.39 is 24.6 Å². The maximum atomic E-state index is 13.1. The predicted octanol–water partition coefficient (Wildman–Crippen LogP) is 4.97. The van der Waals surface area contributed by atoms with Crippen LogP contribution in [0.25, 0.3) is 11.1 Å². The third kappa shape index (κ3) is 3.44. The molecule has 0 fully saturated rings. The summed E-state index contributed by atoms with van der Waals surface area (Å²) in [6.07, 6.45) is -9.32. The monoisotopic (exact) mass is 316 g/mol. The Morgan fingerprint density at radius 1 is 0.818 bits per heavy atom. The Labute approximate surface area is 124 Å². The smallest absolute Gasteiger partial charge is 0.388 e. The zero-order valence-corrected chi connectivity index (χ0v) is 11.3. The van der Waals surface area contributed by atoms with Crippen LogP contribution < -0.4 is 0 Å². The number of rotatable bonds is 4. The van der Waals surface area contributed by atoms with Crippen LogP contribution in [-0.2, 0) is 0 Å². The largest absolute Gasteiger partial charge is 0.453 e.